The molecule has 1 aromatic carbocycles. The molecule has 0 fully saturated rings. The van der Waals surface area contributed by atoms with Crippen LogP contribution in [0.25, 0.3) is 0 Å². The molecule has 0 aliphatic heterocycles. The van der Waals surface area contributed by atoms with Gasteiger partial charge in [-0.2, -0.15) is 0 Å². The van der Waals surface area contributed by atoms with Crippen LogP contribution < -0.4 is 0 Å². The lowest BCUT2D eigenvalue weighted by Crippen LogP contribution is -2.08. The number of hydrogen-bond acceptors (Lipinski definition) is 4. The summed E-state index contributed by atoms with van der Waals surface area (Å²) in [7, 11) is 0. The molecule has 0 saturated heterocycles. The second-order valence-corrected chi connectivity index (χ2v) is 3.47. The average Bonchev–Trinajstić information content (AvgIpc) is 2.33. The molecule has 0 atom stereocenters. The number of aliphatic imine (C=N–C) groups is 1. The number of carbonyl (C=O) groups excluding carboxylic acids is 1. The zero-order chi connectivity index (χ0) is 13.5. The van der Waals surface area contributed by atoms with Crippen molar-refractivity contribution in [2.75, 3.05) is 6.61 Å². The van der Waals surface area contributed by atoms with Gasteiger partial charge in [0.05, 0.1) is 12.9 Å². The number of halogens is 1. The Kier molecular flexibility index (Phi) is 5.05. The van der Waals surface area contributed by atoms with Gasteiger partial charge in [0, 0.05) is 6.21 Å². The fourth-order valence-electron chi connectivity index (χ4n) is 1.27. The standard InChI is InChI=1S/C13H14FNO3/c1-3-18-13(17)10(8-16)7-15-12-9(2)5-4-6-11(12)14/h4-8,16H,3H2,1-2H3/b10-8-,15-7?. The highest BCUT2D eigenvalue weighted by Crippen LogP contribution is 2.21. The van der Waals surface area contributed by atoms with Crippen LogP contribution in [0.2, 0.25) is 0 Å². The number of aryl methyl sites for hydroxylation is 1. The predicted molar refractivity (Wildman–Crippen MR) is 66.6 cm³/mol. The van der Waals surface area contributed by atoms with Crippen molar-refractivity contribution in [3.05, 3.63) is 41.4 Å². The topological polar surface area (TPSA) is 58.9 Å². The number of ether oxygens (including phenoxy) is 1. The van der Waals surface area contributed by atoms with Crippen molar-refractivity contribution in [1.82, 2.24) is 0 Å². The first kappa shape index (κ1) is 13.9. The largest absolute Gasteiger partial charge is 0.515 e. The average molecular weight is 251 g/mol. The first-order valence-corrected chi connectivity index (χ1v) is 5.40. The Morgan fingerprint density at radius 2 is 2.28 bits per heavy atom. The summed E-state index contributed by atoms with van der Waals surface area (Å²) in [5.41, 5.74) is 0.619. The van der Waals surface area contributed by atoms with Crippen LogP contribution in [0.1, 0.15) is 12.5 Å². The Labute approximate surface area is 104 Å². The van der Waals surface area contributed by atoms with E-state index in [4.69, 9.17) is 9.84 Å². The third kappa shape index (κ3) is 3.41. The zero-order valence-corrected chi connectivity index (χ0v) is 10.2. The smallest absolute Gasteiger partial charge is 0.342 e. The quantitative estimate of drug-likeness (QED) is 0.387. The first-order valence-electron chi connectivity index (χ1n) is 5.40. The third-order valence-electron chi connectivity index (χ3n) is 2.17. The number of aliphatic hydroxyl groups is 1. The van der Waals surface area contributed by atoms with Crippen molar-refractivity contribution in [3.8, 4) is 0 Å². The molecule has 1 N–H and O–H groups in total. The van der Waals surface area contributed by atoms with Crippen molar-refractivity contribution in [3.63, 3.8) is 0 Å². The van der Waals surface area contributed by atoms with E-state index in [0.717, 1.165) is 6.21 Å². The maximum absolute atomic E-state index is 13.4. The van der Waals surface area contributed by atoms with Gasteiger partial charge in [-0.25, -0.2) is 9.18 Å². The monoisotopic (exact) mass is 251 g/mol. The fourth-order valence-corrected chi connectivity index (χ4v) is 1.27. The molecular formula is C13H14FNO3. The predicted octanol–water partition coefficient (Wildman–Crippen LogP) is 2.84. The third-order valence-corrected chi connectivity index (χ3v) is 2.17. The molecular weight excluding hydrogens is 237 g/mol. The minimum atomic E-state index is -0.710. The molecule has 4 nitrogen and oxygen atoms in total. The van der Waals surface area contributed by atoms with Crippen LogP contribution in [0.4, 0.5) is 10.1 Å². The molecule has 96 valence electrons. The molecule has 0 amide bonds. The fraction of sp³-hybridized carbons (Fsp3) is 0.231. The van der Waals surface area contributed by atoms with E-state index in [9.17, 15) is 9.18 Å². The highest BCUT2D eigenvalue weighted by atomic mass is 19.1. The summed E-state index contributed by atoms with van der Waals surface area (Å²) in [5.74, 6) is -1.20. The molecule has 0 unspecified atom stereocenters. The van der Waals surface area contributed by atoms with Crippen LogP contribution in [0.5, 0.6) is 0 Å². The van der Waals surface area contributed by atoms with Crippen molar-refractivity contribution in [2.24, 2.45) is 4.99 Å². The van der Waals surface area contributed by atoms with Gasteiger partial charge < -0.3 is 9.84 Å². The maximum Gasteiger partial charge on any atom is 0.342 e. The molecule has 1 aromatic rings. The van der Waals surface area contributed by atoms with Gasteiger partial charge in [-0.3, -0.25) is 4.99 Å². The van der Waals surface area contributed by atoms with E-state index >= 15 is 0 Å². The normalized spacial score (nSPS) is 11.8. The lowest BCUT2D eigenvalue weighted by Gasteiger charge is -2.02. The summed E-state index contributed by atoms with van der Waals surface area (Å²) >= 11 is 0. The summed E-state index contributed by atoms with van der Waals surface area (Å²) < 4.78 is 18.1. The van der Waals surface area contributed by atoms with E-state index in [0.29, 0.717) is 11.8 Å². The molecule has 0 radical (unpaired) electrons. The molecule has 0 aliphatic rings. The van der Waals surface area contributed by atoms with Crippen LogP contribution in [0, 0.1) is 12.7 Å². The van der Waals surface area contributed by atoms with E-state index in [2.05, 4.69) is 4.99 Å². The van der Waals surface area contributed by atoms with Gasteiger partial charge in [-0.1, -0.05) is 12.1 Å². The van der Waals surface area contributed by atoms with Crippen LogP contribution in [0.15, 0.2) is 35.0 Å². The Morgan fingerprint density at radius 1 is 1.56 bits per heavy atom. The number of hydrogen-bond donors (Lipinski definition) is 1. The molecule has 0 aliphatic carbocycles. The van der Waals surface area contributed by atoms with Crippen molar-refractivity contribution < 1.29 is 19.0 Å². The summed E-state index contributed by atoms with van der Waals surface area (Å²) in [5, 5.41) is 8.89. The SMILES string of the molecule is CCOC(=O)/C(C=Nc1c(C)cccc1F)=C\O. The van der Waals surface area contributed by atoms with Gasteiger partial charge in [0.15, 0.2) is 0 Å². The summed E-state index contributed by atoms with van der Waals surface area (Å²) in [6.45, 7) is 3.52. The van der Waals surface area contributed by atoms with Crippen LogP contribution >= 0.6 is 0 Å². The highest BCUT2D eigenvalue weighted by molar-refractivity contribution is 6.09. The lowest BCUT2D eigenvalue weighted by atomic mass is 10.2. The van der Waals surface area contributed by atoms with Crippen molar-refractivity contribution >= 4 is 17.9 Å². The molecule has 0 aromatic heterocycles. The lowest BCUT2D eigenvalue weighted by molar-refractivity contribution is -0.137. The number of rotatable bonds is 4. The molecule has 1 rings (SSSR count). The summed E-state index contributed by atoms with van der Waals surface area (Å²) in [4.78, 5) is 15.2. The van der Waals surface area contributed by atoms with E-state index in [1.807, 2.05) is 0 Å². The number of esters is 1. The number of nitrogens with zero attached hydrogens (tertiary/aromatic N) is 1. The van der Waals surface area contributed by atoms with Gasteiger partial charge in [0.2, 0.25) is 0 Å². The minimum Gasteiger partial charge on any atom is -0.515 e. The van der Waals surface area contributed by atoms with E-state index in [-0.39, 0.29) is 17.9 Å². The highest BCUT2D eigenvalue weighted by Gasteiger charge is 2.09. The molecule has 0 saturated carbocycles. The van der Waals surface area contributed by atoms with Crippen LogP contribution in [-0.4, -0.2) is 23.9 Å². The molecule has 5 heteroatoms. The van der Waals surface area contributed by atoms with Gasteiger partial charge >= 0.3 is 5.97 Å². The maximum atomic E-state index is 13.4. The van der Waals surface area contributed by atoms with Crippen molar-refractivity contribution in [1.29, 1.82) is 0 Å². The Bertz CT molecular complexity index is 475. The molecule has 0 heterocycles. The Morgan fingerprint density at radius 3 is 2.83 bits per heavy atom. The second-order valence-electron chi connectivity index (χ2n) is 3.47. The van der Waals surface area contributed by atoms with Gasteiger partial charge in [0.1, 0.15) is 17.1 Å². The van der Waals surface area contributed by atoms with Gasteiger partial charge in [-0.15, -0.1) is 0 Å². The van der Waals surface area contributed by atoms with E-state index < -0.39 is 11.8 Å². The molecule has 0 spiro atoms. The van der Waals surface area contributed by atoms with E-state index in [1.54, 1.807) is 26.0 Å². The van der Waals surface area contributed by atoms with E-state index in [1.165, 1.54) is 6.07 Å². The minimum absolute atomic E-state index is 0.126. The molecule has 0 bridgehead atoms. The second kappa shape index (κ2) is 6.54. The van der Waals surface area contributed by atoms with Crippen molar-refractivity contribution in [2.45, 2.75) is 13.8 Å². The number of carbonyl (C=O) groups is 1. The van der Waals surface area contributed by atoms with Crippen LogP contribution in [-0.2, 0) is 9.53 Å². The number of aliphatic hydroxyl groups excluding tert-OH is 1. The van der Waals surface area contributed by atoms with Gasteiger partial charge in [-0.05, 0) is 25.5 Å². The first-order chi connectivity index (χ1) is 8.60. The van der Waals surface area contributed by atoms with Gasteiger partial charge in [0.25, 0.3) is 0 Å². The Hall–Kier alpha value is -2.17. The van der Waals surface area contributed by atoms with Crippen LogP contribution in [0.3, 0.4) is 0 Å². The number of benzene rings is 1. The summed E-state index contributed by atoms with van der Waals surface area (Å²) in [6.07, 6.45) is 1.65. The summed E-state index contributed by atoms with van der Waals surface area (Å²) in [6, 6.07) is 4.53. The number of para-hydroxylation sites is 1. The Balaban J connectivity index is 2.95. The molecule has 18 heavy (non-hydrogen) atoms. The zero-order valence-electron chi connectivity index (χ0n) is 10.2.